The largest absolute Gasteiger partial charge is 0.497 e. The first kappa shape index (κ1) is 19.8. The van der Waals surface area contributed by atoms with Crippen LogP contribution in [-0.2, 0) is 11.2 Å². The molecule has 0 unspecified atom stereocenters. The van der Waals surface area contributed by atoms with Crippen molar-refractivity contribution in [3.63, 3.8) is 0 Å². The number of primary amides is 1. The maximum absolute atomic E-state index is 12.7. The van der Waals surface area contributed by atoms with Gasteiger partial charge in [0.05, 0.1) is 18.4 Å². The smallest absolute Gasteiger partial charge is 0.252 e. The van der Waals surface area contributed by atoms with Crippen LogP contribution >= 0.6 is 0 Å². The van der Waals surface area contributed by atoms with E-state index < -0.39 is 5.91 Å². The third kappa shape index (κ3) is 4.65. The summed E-state index contributed by atoms with van der Waals surface area (Å²) in [6.45, 7) is 3.12. The zero-order valence-electron chi connectivity index (χ0n) is 16.4. The first-order chi connectivity index (χ1) is 13.5. The van der Waals surface area contributed by atoms with Crippen molar-refractivity contribution < 1.29 is 14.3 Å². The lowest BCUT2D eigenvalue weighted by molar-refractivity contribution is -0.132. The number of rotatable bonds is 6. The summed E-state index contributed by atoms with van der Waals surface area (Å²) < 4.78 is 5.16. The predicted molar refractivity (Wildman–Crippen MR) is 105 cm³/mol. The van der Waals surface area contributed by atoms with Gasteiger partial charge in [-0.15, -0.1) is 0 Å². The molecule has 2 N–H and O–H groups in total. The maximum atomic E-state index is 12.7. The van der Waals surface area contributed by atoms with Crippen LogP contribution in [0.1, 0.15) is 52.6 Å². The van der Waals surface area contributed by atoms with Crippen molar-refractivity contribution in [2.45, 2.75) is 38.5 Å². The molecule has 2 aromatic rings. The van der Waals surface area contributed by atoms with Gasteiger partial charge in [-0.2, -0.15) is 0 Å². The number of carbonyl (C=O) groups excluding carboxylic acids is 2. The highest BCUT2D eigenvalue weighted by Crippen LogP contribution is 2.25. The monoisotopic (exact) mass is 382 g/mol. The number of hydrogen-bond donors (Lipinski definition) is 1. The quantitative estimate of drug-likeness (QED) is 0.826. The number of amides is 2. The Labute approximate surface area is 164 Å². The van der Waals surface area contributed by atoms with E-state index in [2.05, 4.69) is 9.97 Å². The van der Waals surface area contributed by atoms with Crippen LogP contribution < -0.4 is 10.5 Å². The van der Waals surface area contributed by atoms with Crippen molar-refractivity contribution in [2.24, 2.45) is 5.73 Å². The zero-order valence-corrected chi connectivity index (χ0v) is 16.4. The van der Waals surface area contributed by atoms with Crippen LogP contribution in [0.5, 0.6) is 5.75 Å². The molecule has 1 aromatic carbocycles. The fourth-order valence-electron chi connectivity index (χ4n) is 3.54. The van der Waals surface area contributed by atoms with Gasteiger partial charge >= 0.3 is 0 Å². The number of carbonyl (C=O) groups is 2. The number of nitrogens with zero attached hydrogens (tertiary/aromatic N) is 3. The van der Waals surface area contributed by atoms with E-state index in [0.29, 0.717) is 36.5 Å². The highest BCUT2D eigenvalue weighted by molar-refractivity contribution is 5.93. The molecule has 0 saturated carbocycles. The molecule has 1 aliphatic rings. The van der Waals surface area contributed by atoms with Crippen LogP contribution in [0, 0.1) is 6.92 Å². The number of hydrogen-bond acceptors (Lipinski definition) is 5. The van der Waals surface area contributed by atoms with Gasteiger partial charge in [0, 0.05) is 31.6 Å². The average Bonchev–Trinajstić information content (AvgIpc) is 2.72. The number of methoxy groups -OCH3 is 1. The zero-order chi connectivity index (χ0) is 20.1. The van der Waals surface area contributed by atoms with Crippen LogP contribution in [0.15, 0.2) is 30.5 Å². The summed E-state index contributed by atoms with van der Waals surface area (Å²) in [6.07, 6.45) is 4.51. The number of likely N-dealkylation sites (tertiary alicyclic amines) is 1. The summed E-state index contributed by atoms with van der Waals surface area (Å²) >= 11 is 0. The molecule has 1 atom stereocenters. The lowest BCUT2D eigenvalue weighted by Gasteiger charge is -2.32. The molecule has 1 fully saturated rings. The van der Waals surface area contributed by atoms with Crippen LogP contribution in [-0.4, -0.2) is 46.9 Å². The topological polar surface area (TPSA) is 98.4 Å². The van der Waals surface area contributed by atoms with Gasteiger partial charge in [-0.1, -0.05) is 12.1 Å². The molecule has 0 bridgehead atoms. The molecule has 148 valence electrons. The van der Waals surface area contributed by atoms with Crippen molar-refractivity contribution >= 4 is 11.8 Å². The van der Waals surface area contributed by atoms with Gasteiger partial charge in [-0.3, -0.25) is 9.59 Å². The Balaban J connectivity index is 1.60. The standard InChI is InChI=1S/C21H26N4O3/c1-14-18(20(22)27)12-23-21(24-14)16-4-3-11-25(13-16)19(26)10-7-15-5-8-17(28-2)9-6-15/h5-6,8-9,12,16H,3-4,7,10-11,13H2,1-2H3,(H2,22,27)/t16-/m0/s1. The van der Waals surface area contributed by atoms with Gasteiger partial charge in [-0.25, -0.2) is 9.97 Å². The molecular weight excluding hydrogens is 356 g/mol. The Morgan fingerprint density at radius 3 is 2.68 bits per heavy atom. The Morgan fingerprint density at radius 1 is 1.29 bits per heavy atom. The third-order valence-electron chi connectivity index (χ3n) is 5.19. The first-order valence-corrected chi connectivity index (χ1v) is 9.52. The molecular formula is C21H26N4O3. The van der Waals surface area contributed by atoms with Gasteiger partial charge in [0.2, 0.25) is 5.91 Å². The number of benzene rings is 1. The maximum Gasteiger partial charge on any atom is 0.252 e. The molecule has 1 saturated heterocycles. The highest BCUT2D eigenvalue weighted by Gasteiger charge is 2.26. The van der Waals surface area contributed by atoms with Crippen LogP contribution in [0.3, 0.4) is 0 Å². The molecule has 2 heterocycles. The van der Waals surface area contributed by atoms with E-state index >= 15 is 0 Å². The lowest BCUT2D eigenvalue weighted by Crippen LogP contribution is -2.39. The highest BCUT2D eigenvalue weighted by atomic mass is 16.5. The summed E-state index contributed by atoms with van der Waals surface area (Å²) in [5.74, 6) is 1.19. The van der Waals surface area contributed by atoms with Gasteiger partial charge in [-0.05, 0) is 43.9 Å². The average molecular weight is 382 g/mol. The minimum atomic E-state index is -0.525. The lowest BCUT2D eigenvalue weighted by atomic mass is 9.96. The molecule has 0 aliphatic carbocycles. The Bertz CT molecular complexity index is 851. The molecule has 3 rings (SSSR count). The molecule has 0 spiro atoms. The summed E-state index contributed by atoms with van der Waals surface area (Å²) in [5.41, 5.74) is 7.36. The Kier molecular flexibility index (Phi) is 6.23. The molecule has 28 heavy (non-hydrogen) atoms. The number of nitrogens with two attached hydrogens (primary N) is 1. The molecule has 7 heteroatoms. The molecule has 1 aromatic heterocycles. The number of aromatic nitrogens is 2. The third-order valence-corrected chi connectivity index (χ3v) is 5.19. The molecule has 0 radical (unpaired) electrons. The fourth-order valence-corrected chi connectivity index (χ4v) is 3.54. The fraction of sp³-hybridized carbons (Fsp3) is 0.429. The second kappa shape index (κ2) is 8.82. The predicted octanol–water partition coefficient (Wildman–Crippen LogP) is 2.23. The second-order valence-corrected chi connectivity index (χ2v) is 7.12. The van der Waals surface area contributed by atoms with E-state index in [-0.39, 0.29) is 11.8 Å². The first-order valence-electron chi connectivity index (χ1n) is 9.52. The SMILES string of the molecule is COc1ccc(CCC(=O)N2CCC[C@H](c3ncc(C(N)=O)c(C)n3)C2)cc1. The number of piperidine rings is 1. The van der Waals surface area contributed by atoms with E-state index in [0.717, 1.165) is 30.7 Å². The van der Waals surface area contributed by atoms with E-state index in [1.165, 1.54) is 6.20 Å². The van der Waals surface area contributed by atoms with Crippen molar-refractivity contribution in [2.75, 3.05) is 20.2 Å². The minimum absolute atomic E-state index is 0.0827. The number of ether oxygens (including phenoxy) is 1. The van der Waals surface area contributed by atoms with Crippen molar-refractivity contribution in [3.05, 3.63) is 53.1 Å². The van der Waals surface area contributed by atoms with Gasteiger partial charge in [0.25, 0.3) is 5.91 Å². The molecule has 1 aliphatic heterocycles. The van der Waals surface area contributed by atoms with E-state index in [1.807, 2.05) is 29.2 Å². The van der Waals surface area contributed by atoms with Crippen LogP contribution in [0.25, 0.3) is 0 Å². The van der Waals surface area contributed by atoms with Crippen molar-refractivity contribution in [3.8, 4) is 5.75 Å². The summed E-state index contributed by atoms with van der Waals surface area (Å²) in [5, 5.41) is 0. The van der Waals surface area contributed by atoms with Crippen molar-refractivity contribution in [1.82, 2.24) is 14.9 Å². The van der Waals surface area contributed by atoms with E-state index in [1.54, 1.807) is 14.0 Å². The number of aryl methyl sites for hydroxylation is 2. The molecule has 2 amide bonds. The van der Waals surface area contributed by atoms with E-state index in [4.69, 9.17) is 10.5 Å². The molecule has 7 nitrogen and oxygen atoms in total. The van der Waals surface area contributed by atoms with Gasteiger partial charge in [0.1, 0.15) is 11.6 Å². The minimum Gasteiger partial charge on any atom is -0.497 e. The van der Waals surface area contributed by atoms with Gasteiger partial charge < -0.3 is 15.4 Å². The normalized spacial score (nSPS) is 16.6. The van der Waals surface area contributed by atoms with Crippen LogP contribution in [0.4, 0.5) is 0 Å². The van der Waals surface area contributed by atoms with Crippen LogP contribution in [0.2, 0.25) is 0 Å². The Hall–Kier alpha value is -2.96. The summed E-state index contributed by atoms with van der Waals surface area (Å²) in [4.78, 5) is 34.7. The summed E-state index contributed by atoms with van der Waals surface area (Å²) in [7, 11) is 1.64. The van der Waals surface area contributed by atoms with E-state index in [9.17, 15) is 9.59 Å². The Morgan fingerprint density at radius 2 is 2.04 bits per heavy atom. The van der Waals surface area contributed by atoms with Crippen molar-refractivity contribution in [1.29, 1.82) is 0 Å². The van der Waals surface area contributed by atoms with Gasteiger partial charge in [0.15, 0.2) is 0 Å². The summed E-state index contributed by atoms with van der Waals surface area (Å²) in [6, 6.07) is 7.79. The second-order valence-electron chi connectivity index (χ2n) is 7.12.